The Labute approximate surface area is 61.8 Å². The van der Waals surface area contributed by atoms with E-state index in [0.29, 0.717) is 0 Å². The average Bonchev–Trinajstić information content (AvgIpc) is 1.95. The minimum absolute atomic E-state index is 0.0963. The van der Waals surface area contributed by atoms with E-state index < -0.39 is 0 Å². The summed E-state index contributed by atoms with van der Waals surface area (Å²) in [5.74, 6) is 4.78. The van der Waals surface area contributed by atoms with Crippen molar-refractivity contribution in [2.45, 2.75) is 0 Å². The van der Waals surface area contributed by atoms with Crippen molar-refractivity contribution in [3.8, 4) is 5.88 Å². The van der Waals surface area contributed by atoms with Crippen molar-refractivity contribution < 1.29 is 5.11 Å². The molecule has 0 aromatic carbocycles. The van der Waals surface area contributed by atoms with E-state index in [1.54, 1.807) is 0 Å². The first-order chi connectivity index (χ1) is 4.74. The van der Waals surface area contributed by atoms with Gasteiger partial charge in [-0.3, -0.25) is 5.43 Å². The first-order valence-electron chi connectivity index (χ1n) is 2.42. The summed E-state index contributed by atoms with van der Waals surface area (Å²) in [5.41, 5.74) is 2.15. The number of halogens is 1. The highest BCUT2D eigenvalue weighted by Gasteiger charge is 2.00. The standard InChI is InChI=1S/C4H5ClN4O/c5-2-1-7-4(9-6)8-3(2)10/h1H,6H2,(H2,7,8,9,10). The molecule has 0 saturated carbocycles. The van der Waals surface area contributed by atoms with Crippen LogP contribution < -0.4 is 11.3 Å². The molecule has 1 aromatic rings. The van der Waals surface area contributed by atoms with Gasteiger partial charge in [0.15, 0.2) is 0 Å². The first kappa shape index (κ1) is 7.04. The Morgan fingerprint density at radius 3 is 2.90 bits per heavy atom. The van der Waals surface area contributed by atoms with Crippen LogP contribution in [0.4, 0.5) is 5.95 Å². The molecule has 1 aromatic heterocycles. The van der Waals surface area contributed by atoms with Crippen molar-refractivity contribution in [3.05, 3.63) is 11.2 Å². The molecule has 0 unspecified atom stereocenters. The fourth-order valence-corrected chi connectivity index (χ4v) is 0.519. The third-order valence-corrected chi connectivity index (χ3v) is 1.12. The topological polar surface area (TPSA) is 84.1 Å². The predicted molar refractivity (Wildman–Crippen MR) is 36.5 cm³/mol. The molecular weight excluding hydrogens is 156 g/mol. The van der Waals surface area contributed by atoms with Crippen molar-refractivity contribution >= 4 is 17.5 Å². The van der Waals surface area contributed by atoms with Gasteiger partial charge >= 0.3 is 0 Å². The van der Waals surface area contributed by atoms with Gasteiger partial charge in [-0.05, 0) is 0 Å². The molecule has 0 aliphatic heterocycles. The van der Waals surface area contributed by atoms with Crippen molar-refractivity contribution in [3.63, 3.8) is 0 Å². The Morgan fingerprint density at radius 1 is 1.70 bits per heavy atom. The highest BCUT2D eigenvalue weighted by Crippen LogP contribution is 2.18. The Morgan fingerprint density at radius 2 is 2.40 bits per heavy atom. The number of nitrogens with zero attached hydrogens (tertiary/aromatic N) is 2. The largest absolute Gasteiger partial charge is 0.492 e. The molecule has 0 fully saturated rings. The van der Waals surface area contributed by atoms with E-state index in [9.17, 15) is 0 Å². The van der Waals surface area contributed by atoms with Gasteiger partial charge in [0.25, 0.3) is 0 Å². The van der Waals surface area contributed by atoms with Crippen LogP contribution in [0.1, 0.15) is 0 Å². The highest BCUT2D eigenvalue weighted by molar-refractivity contribution is 6.31. The molecule has 0 bridgehead atoms. The van der Waals surface area contributed by atoms with E-state index in [-0.39, 0.29) is 16.9 Å². The molecule has 0 radical (unpaired) electrons. The van der Waals surface area contributed by atoms with Crippen LogP contribution in [0.25, 0.3) is 0 Å². The van der Waals surface area contributed by atoms with Gasteiger partial charge in [0.2, 0.25) is 11.8 Å². The molecule has 10 heavy (non-hydrogen) atoms. The minimum Gasteiger partial charge on any atom is -0.492 e. The lowest BCUT2D eigenvalue weighted by Crippen LogP contribution is -2.09. The zero-order valence-electron chi connectivity index (χ0n) is 4.87. The van der Waals surface area contributed by atoms with Gasteiger partial charge in [0.05, 0.1) is 6.20 Å². The summed E-state index contributed by atoms with van der Waals surface area (Å²) in [6.07, 6.45) is 1.25. The highest BCUT2D eigenvalue weighted by atomic mass is 35.5. The number of nitrogen functional groups attached to an aromatic ring is 1. The van der Waals surface area contributed by atoms with Crippen LogP contribution in [0.3, 0.4) is 0 Å². The van der Waals surface area contributed by atoms with Crippen molar-refractivity contribution in [1.29, 1.82) is 0 Å². The van der Waals surface area contributed by atoms with Crippen LogP contribution in [0.15, 0.2) is 6.20 Å². The third-order valence-electron chi connectivity index (χ3n) is 0.855. The monoisotopic (exact) mass is 160 g/mol. The van der Waals surface area contributed by atoms with Crippen molar-refractivity contribution in [2.24, 2.45) is 5.84 Å². The van der Waals surface area contributed by atoms with E-state index in [1.165, 1.54) is 6.20 Å². The maximum atomic E-state index is 8.85. The molecular formula is C4H5ClN4O. The minimum atomic E-state index is -0.287. The number of aromatic hydroxyl groups is 1. The van der Waals surface area contributed by atoms with Gasteiger partial charge in [-0.1, -0.05) is 11.6 Å². The number of anilines is 1. The van der Waals surface area contributed by atoms with Crippen LogP contribution in [-0.2, 0) is 0 Å². The molecule has 54 valence electrons. The van der Waals surface area contributed by atoms with Gasteiger partial charge in [-0.25, -0.2) is 10.8 Å². The quantitative estimate of drug-likeness (QED) is 0.402. The second-order valence-electron chi connectivity index (χ2n) is 1.51. The third kappa shape index (κ3) is 1.26. The number of nitrogens with two attached hydrogens (primary N) is 1. The lowest BCUT2D eigenvalue weighted by Gasteiger charge is -1.97. The molecule has 1 rings (SSSR count). The van der Waals surface area contributed by atoms with E-state index >= 15 is 0 Å². The lowest BCUT2D eigenvalue weighted by atomic mass is 10.6. The predicted octanol–water partition coefficient (Wildman–Crippen LogP) is 0.121. The van der Waals surface area contributed by atoms with Crippen LogP contribution in [0, 0.1) is 0 Å². The summed E-state index contributed by atoms with van der Waals surface area (Å²) in [5, 5.41) is 8.95. The fourth-order valence-electron chi connectivity index (χ4n) is 0.428. The number of hydrogen-bond acceptors (Lipinski definition) is 5. The van der Waals surface area contributed by atoms with Crippen LogP contribution in [0.5, 0.6) is 5.88 Å². The van der Waals surface area contributed by atoms with Gasteiger partial charge in [0, 0.05) is 0 Å². The van der Waals surface area contributed by atoms with E-state index in [0.717, 1.165) is 0 Å². The lowest BCUT2D eigenvalue weighted by molar-refractivity contribution is 0.453. The maximum absolute atomic E-state index is 8.85. The summed E-state index contributed by atoms with van der Waals surface area (Å²) in [4.78, 5) is 7.09. The van der Waals surface area contributed by atoms with E-state index in [4.69, 9.17) is 22.6 Å². The van der Waals surface area contributed by atoms with E-state index in [2.05, 4.69) is 15.4 Å². The Hall–Kier alpha value is -1.07. The molecule has 6 heteroatoms. The number of hydrogen-bond donors (Lipinski definition) is 3. The molecule has 0 spiro atoms. The van der Waals surface area contributed by atoms with Crippen LogP contribution >= 0.6 is 11.6 Å². The van der Waals surface area contributed by atoms with Gasteiger partial charge < -0.3 is 5.11 Å². The molecule has 4 N–H and O–H groups in total. The van der Waals surface area contributed by atoms with Crippen molar-refractivity contribution in [1.82, 2.24) is 9.97 Å². The SMILES string of the molecule is NNc1ncc(Cl)c(O)n1. The van der Waals surface area contributed by atoms with E-state index in [1.807, 2.05) is 0 Å². The molecule has 0 amide bonds. The second-order valence-corrected chi connectivity index (χ2v) is 1.92. The zero-order chi connectivity index (χ0) is 7.56. The Bertz CT molecular complexity index is 241. The summed E-state index contributed by atoms with van der Waals surface area (Å²) >= 11 is 5.39. The van der Waals surface area contributed by atoms with Gasteiger partial charge in [0.1, 0.15) is 5.02 Å². The first-order valence-corrected chi connectivity index (χ1v) is 2.80. The Balaban J connectivity index is 3.04. The van der Waals surface area contributed by atoms with Crippen molar-refractivity contribution in [2.75, 3.05) is 5.43 Å². The molecule has 0 saturated heterocycles. The summed E-state index contributed by atoms with van der Waals surface area (Å²) in [6, 6.07) is 0. The van der Waals surface area contributed by atoms with Crippen LogP contribution in [-0.4, -0.2) is 15.1 Å². The number of rotatable bonds is 1. The summed E-state index contributed by atoms with van der Waals surface area (Å²) < 4.78 is 0. The Kier molecular flexibility index (Phi) is 1.88. The zero-order valence-corrected chi connectivity index (χ0v) is 5.63. The fraction of sp³-hybridized carbons (Fsp3) is 0. The average molecular weight is 161 g/mol. The normalized spacial score (nSPS) is 9.40. The molecule has 0 aliphatic carbocycles. The number of aromatic nitrogens is 2. The summed E-state index contributed by atoms with van der Waals surface area (Å²) in [7, 11) is 0. The van der Waals surface area contributed by atoms with Crippen LogP contribution in [0.2, 0.25) is 5.02 Å². The summed E-state index contributed by atoms with van der Waals surface area (Å²) in [6.45, 7) is 0. The second kappa shape index (κ2) is 2.68. The molecule has 0 aliphatic rings. The number of hydrazine groups is 1. The molecule has 0 atom stereocenters. The molecule has 5 nitrogen and oxygen atoms in total. The smallest absolute Gasteiger partial charge is 0.240 e. The van der Waals surface area contributed by atoms with Gasteiger partial charge in [-0.2, -0.15) is 4.98 Å². The number of nitrogens with one attached hydrogen (secondary N) is 1. The van der Waals surface area contributed by atoms with Gasteiger partial charge in [-0.15, -0.1) is 0 Å². The maximum Gasteiger partial charge on any atom is 0.240 e. The molecule has 1 heterocycles.